The first kappa shape index (κ1) is 18.7. The van der Waals surface area contributed by atoms with Gasteiger partial charge in [-0.2, -0.15) is 0 Å². The Bertz CT molecular complexity index is 979. The molecule has 1 aliphatic rings. The summed E-state index contributed by atoms with van der Waals surface area (Å²) in [4.78, 5) is 28.3. The molecular formula is C21H24N4O2S. The molecule has 0 N–H and O–H groups in total. The number of hydrogen-bond acceptors (Lipinski definition) is 6. The second-order valence-corrected chi connectivity index (χ2v) is 7.95. The topological polar surface area (TPSA) is 58.6 Å². The number of thiophene rings is 1. The molecule has 28 heavy (non-hydrogen) atoms. The number of methoxy groups -OCH3 is 1. The fourth-order valence-electron chi connectivity index (χ4n) is 3.61. The lowest BCUT2D eigenvalue weighted by Gasteiger charge is -2.35. The molecule has 0 bridgehead atoms. The van der Waals surface area contributed by atoms with Crippen molar-refractivity contribution >= 4 is 33.3 Å². The van der Waals surface area contributed by atoms with Crippen LogP contribution in [0.4, 0.5) is 5.82 Å². The summed E-state index contributed by atoms with van der Waals surface area (Å²) in [6.07, 6.45) is 3.02. The van der Waals surface area contributed by atoms with Gasteiger partial charge in [0.05, 0.1) is 18.9 Å². The van der Waals surface area contributed by atoms with Crippen molar-refractivity contribution < 1.29 is 9.53 Å². The second kappa shape index (κ2) is 8.14. The number of carbonyl (C=O) groups excluding carboxylic acids is 1. The van der Waals surface area contributed by atoms with Gasteiger partial charge in [0.15, 0.2) is 0 Å². The van der Waals surface area contributed by atoms with Gasteiger partial charge in [0.1, 0.15) is 22.7 Å². The van der Waals surface area contributed by atoms with Crippen molar-refractivity contribution in [1.29, 1.82) is 0 Å². The van der Waals surface area contributed by atoms with Gasteiger partial charge in [-0.15, -0.1) is 11.3 Å². The Balaban J connectivity index is 1.43. The standard InChI is InChI=1S/C21H24N4O2S/c1-3-16-13-17-20(22-14-23-21(17)28-16)25-10-8-24(9-11-25)19(26)12-15-6-4-5-7-18(15)27-2/h4-7,13-14H,3,8-12H2,1-2H3. The highest BCUT2D eigenvalue weighted by Gasteiger charge is 2.24. The molecule has 0 unspecified atom stereocenters. The average molecular weight is 397 g/mol. The number of benzene rings is 1. The lowest BCUT2D eigenvalue weighted by molar-refractivity contribution is -0.130. The Labute approximate surface area is 168 Å². The monoisotopic (exact) mass is 396 g/mol. The molecular weight excluding hydrogens is 372 g/mol. The highest BCUT2D eigenvalue weighted by atomic mass is 32.1. The van der Waals surface area contributed by atoms with Crippen LogP contribution in [0.1, 0.15) is 17.4 Å². The van der Waals surface area contributed by atoms with Crippen LogP contribution in [0.3, 0.4) is 0 Å². The summed E-state index contributed by atoms with van der Waals surface area (Å²) in [6, 6.07) is 9.91. The maximum Gasteiger partial charge on any atom is 0.227 e. The summed E-state index contributed by atoms with van der Waals surface area (Å²) >= 11 is 1.73. The molecule has 1 aliphatic heterocycles. The number of rotatable bonds is 5. The zero-order chi connectivity index (χ0) is 19.5. The second-order valence-electron chi connectivity index (χ2n) is 6.84. The van der Waals surface area contributed by atoms with Crippen LogP contribution < -0.4 is 9.64 Å². The molecule has 1 amide bonds. The number of amides is 1. The molecule has 0 atom stereocenters. The van der Waals surface area contributed by atoms with E-state index in [9.17, 15) is 4.79 Å². The summed E-state index contributed by atoms with van der Waals surface area (Å²) in [5, 5.41) is 1.12. The van der Waals surface area contributed by atoms with Crippen LogP contribution in [0.2, 0.25) is 0 Å². The minimum Gasteiger partial charge on any atom is -0.496 e. The van der Waals surface area contributed by atoms with E-state index in [0.29, 0.717) is 19.5 Å². The van der Waals surface area contributed by atoms with Crippen molar-refractivity contribution in [3.05, 3.63) is 47.1 Å². The first-order chi connectivity index (χ1) is 13.7. The van der Waals surface area contributed by atoms with Gasteiger partial charge in [0.2, 0.25) is 5.91 Å². The van der Waals surface area contributed by atoms with Crippen molar-refractivity contribution in [3.8, 4) is 5.75 Å². The molecule has 3 heterocycles. The van der Waals surface area contributed by atoms with Gasteiger partial charge in [-0.3, -0.25) is 4.79 Å². The molecule has 146 valence electrons. The number of piperazine rings is 1. The summed E-state index contributed by atoms with van der Waals surface area (Å²) < 4.78 is 5.37. The van der Waals surface area contributed by atoms with E-state index in [4.69, 9.17) is 4.74 Å². The molecule has 1 fully saturated rings. The van der Waals surface area contributed by atoms with Gasteiger partial charge >= 0.3 is 0 Å². The molecule has 2 aromatic heterocycles. The van der Waals surface area contributed by atoms with Gasteiger partial charge in [0.25, 0.3) is 0 Å². The number of fused-ring (bicyclic) bond motifs is 1. The van der Waals surface area contributed by atoms with Crippen molar-refractivity contribution in [2.45, 2.75) is 19.8 Å². The van der Waals surface area contributed by atoms with Crippen molar-refractivity contribution in [1.82, 2.24) is 14.9 Å². The lowest BCUT2D eigenvalue weighted by Crippen LogP contribution is -2.49. The number of aromatic nitrogens is 2. The Morgan fingerprint density at radius 3 is 2.71 bits per heavy atom. The SMILES string of the molecule is CCc1cc2c(N3CCN(C(=O)Cc4ccccc4OC)CC3)ncnc2s1. The maximum atomic E-state index is 12.8. The highest BCUT2D eigenvalue weighted by Crippen LogP contribution is 2.31. The lowest BCUT2D eigenvalue weighted by atomic mass is 10.1. The van der Waals surface area contributed by atoms with E-state index in [2.05, 4.69) is 27.9 Å². The minimum absolute atomic E-state index is 0.140. The Morgan fingerprint density at radius 2 is 1.96 bits per heavy atom. The average Bonchev–Trinajstić information content (AvgIpc) is 3.18. The Kier molecular flexibility index (Phi) is 5.43. The fraction of sp³-hybridized carbons (Fsp3) is 0.381. The number of ether oxygens (including phenoxy) is 1. The molecule has 0 saturated carbocycles. The third-order valence-corrected chi connectivity index (χ3v) is 6.36. The largest absolute Gasteiger partial charge is 0.496 e. The molecule has 1 saturated heterocycles. The van der Waals surface area contributed by atoms with Crippen molar-refractivity contribution in [2.24, 2.45) is 0 Å². The molecule has 0 spiro atoms. The van der Waals surface area contributed by atoms with Crippen molar-refractivity contribution in [2.75, 3.05) is 38.2 Å². The quantitative estimate of drug-likeness (QED) is 0.663. The van der Waals surface area contributed by atoms with E-state index < -0.39 is 0 Å². The first-order valence-electron chi connectivity index (χ1n) is 9.57. The third kappa shape index (κ3) is 3.67. The van der Waals surface area contributed by atoms with E-state index in [1.54, 1.807) is 24.8 Å². The molecule has 1 aromatic carbocycles. The Hall–Kier alpha value is -2.67. The van der Waals surface area contributed by atoms with E-state index in [1.165, 1.54) is 4.88 Å². The van der Waals surface area contributed by atoms with Crippen LogP contribution in [-0.2, 0) is 17.6 Å². The summed E-state index contributed by atoms with van der Waals surface area (Å²) in [6.45, 7) is 5.11. The van der Waals surface area contributed by atoms with Crippen LogP contribution >= 0.6 is 11.3 Å². The molecule has 7 heteroatoms. The number of aryl methyl sites for hydroxylation is 1. The number of para-hydroxylation sites is 1. The number of nitrogens with zero attached hydrogens (tertiary/aromatic N) is 4. The normalized spacial score (nSPS) is 14.5. The minimum atomic E-state index is 0.140. The number of hydrogen-bond donors (Lipinski definition) is 0. The van der Waals surface area contributed by atoms with Crippen LogP contribution in [0, 0.1) is 0 Å². The van der Waals surface area contributed by atoms with Crippen LogP contribution in [0.15, 0.2) is 36.7 Å². The van der Waals surface area contributed by atoms with Gasteiger partial charge in [-0.25, -0.2) is 9.97 Å². The van der Waals surface area contributed by atoms with Gasteiger partial charge in [-0.1, -0.05) is 25.1 Å². The molecule has 4 rings (SSSR count). The highest BCUT2D eigenvalue weighted by molar-refractivity contribution is 7.18. The molecule has 3 aromatic rings. The predicted octanol–water partition coefficient (Wildman–Crippen LogP) is 3.15. The van der Waals surface area contributed by atoms with Crippen LogP contribution in [0.25, 0.3) is 10.2 Å². The van der Waals surface area contributed by atoms with E-state index in [-0.39, 0.29) is 5.91 Å². The summed E-state index contributed by atoms with van der Waals surface area (Å²) in [7, 11) is 1.64. The van der Waals surface area contributed by atoms with E-state index in [0.717, 1.165) is 46.9 Å². The smallest absolute Gasteiger partial charge is 0.227 e. The molecule has 6 nitrogen and oxygen atoms in total. The predicted molar refractivity (Wildman–Crippen MR) is 112 cm³/mol. The van der Waals surface area contributed by atoms with E-state index >= 15 is 0 Å². The van der Waals surface area contributed by atoms with Crippen LogP contribution in [0.5, 0.6) is 5.75 Å². The summed E-state index contributed by atoms with van der Waals surface area (Å²) in [5.41, 5.74) is 0.931. The van der Waals surface area contributed by atoms with E-state index in [1.807, 2.05) is 29.2 Å². The number of anilines is 1. The molecule has 0 aliphatic carbocycles. The van der Waals surface area contributed by atoms with Gasteiger partial charge < -0.3 is 14.5 Å². The maximum absolute atomic E-state index is 12.8. The summed E-state index contributed by atoms with van der Waals surface area (Å²) in [5.74, 6) is 1.89. The number of carbonyl (C=O) groups is 1. The van der Waals surface area contributed by atoms with Crippen molar-refractivity contribution in [3.63, 3.8) is 0 Å². The Morgan fingerprint density at radius 1 is 1.18 bits per heavy atom. The fourth-order valence-corrected chi connectivity index (χ4v) is 4.54. The molecule has 0 radical (unpaired) electrons. The van der Waals surface area contributed by atoms with Crippen LogP contribution in [-0.4, -0.2) is 54.1 Å². The first-order valence-corrected chi connectivity index (χ1v) is 10.4. The third-order valence-electron chi connectivity index (χ3n) is 5.17. The zero-order valence-electron chi connectivity index (χ0n) is 16.2. The zero-order valence-corrected chi connectivity index (χ0v) is 17.0. The van der Waals surface area contributed by atoms with Gasteiger partial charge in [-0.05, 0) is 18.6 Å². The van der Waals surface area contributed by atoms with Gasteiger partial charge in [0, 0.05) is 36.6 Å².